The van der Waals surface area contributed by atoms with Crippen molar-refractivity contribution in [3.05, 3.63) is 64.7 Å². The quantitative estimate of drug-likeness (QED) is 0.925. The third kappa shape index (κ3) is 3.54. The standard InChI is InChI=1S/C16H17F2NO/c1-10-5-11(2)7-12(6-10)15(19)9-20-16-4-3-13(17)8-14(16)18/h3-8,15H,9,19H2,1-2H3. The number of ether oxygens (including phenoxy) is 1. The molecule has 106 valence electrons. The SMILES string of the molecule is Cc1cc(C)cc(C(N)COc2ccc(F)cc2F)c1. The maximum atomic E-state index is 13.4. The van der Waals surface area contributed by atoms with Crippen molar-refractivity contribution in [2.45, 2.75) is 19.9 Å². The molecule has 2 rings (SSSR count). The van der Waals surface area contributed by atoms with Gasteiger partial charge in [-0.25, -0.2) is 8.78 Å². The van der Waals surface area contributed by atoms with Crippen LogP contribution in [0.4, 0.5) is 8.78 Å². The van der Waals surface area contributed by atoms with Gasteiger partial charge in [-0.2, -0.15) is 0 Å². The van der Waals surface area contributed by atoms with Crippen molar-refractivity contribution in [3.8, 4) is 5.75 Å². The average Bonchev–Trinajstić information content (AvgIpc) is 2.36. The number of hydrogen-bond donors (Lipinski definition) is 1. The Morgan fingerprint density at radius 3 is 2.30 bits per heavy atom. The van der Waals surface area contributed by atoms with Crippen LogP contribution in [0.1, 0.15) is 22.7 Å². The fraction of sp³-hybridized carbons (Fsp3) is 0.250. The minimum Gasteiger partial charge on any atom is -0.489 e. The van der Waals surface area contributed by atoms with Gasteiger partial charge < -0.3 is 10.5 Å². The Hall–Kier alpha value is -1.94. The highest BCUT2D eigenvalue weighted by molar-refractivity contribution is 5.31. The monoisotopic (exact) mass is 277 g/mol. The Morgan fingerprint density at radius 1 is 1.05 bits per heavy atom. The molecule has 2 nitrogen and oxygen atoms in total. The summed E-state index contributed by atoms with van der Waals surface area (Å²) in [5.41, 5.74) is 9.20. The summed E-state index contributed by atoms with van der Waals surface area (Å²) in [5.74, 6) is -1.35. The van der Waals surface area contributed by atoms with Crippen LogP contribution in [0.2, 0.25) is 0 Å². The van der Waals surface area contributed by atoms with E-state index in [1.54, 1.807) is 0 Å². The Balaban J connectivity index is 2.06. The highest BCUT2D eigenvalue weighted by Crippen LogP contribution is 2.20. The molecule has 0 spiro atoms. The van der Waals surface area contributed by atoms with E-state index in [1.807, 2.05) is 26.0 Å². The number of aryl methyl sites for hydroxylation is 2. The first kappa shape index (κ1) is 14.5. The molecule has 0 bridgehead atoms. The Labute approximate surface area is 117 Å². The van der Waals surface area contributed by atoms with Crippen molar-refractivity contribution >= 4 is 0 Å². The number of nitrogens with two attached hydrogens (primary N) is 1. The first-order chi connectivity index (χ1) is 9.45. The van der Waals surface area contributed by atoms with Crippen LogP contribution in [-0.2, 0) is 0 Å². The summed E-state index contributed by atoms with van der Waals surface area (Å²) in [5, 5.41) is 0. The van der Waals surface area contributed by atoms with E-state index in [1.165, 1.54) is 6.07 Å². The lowest BCUT2D eigenvalue weighted by Crippen LogP contribution is -2.19. The van der Waals surface area contributed by atoms with E-state index in [0.717, 1.165) is 28.8 Å². The number of hydrogen-bond acceptors (Lipinski definition) is 2. The summed E-state index contributed by atoms with van der Waals surface area (Å²) in [4.78, 5) is 0. The zero-order valence-electron chi connectivity index (χ0n) is 11.5. The summed E-state index contributed by atoms with van der Waals surface area (Å²) >= 11 is 0. The van der Waals surface area contributed by atoms with Crippen LogP contribution < -0.4 is 10.5 Å². The summed E-state index contributed by atoms with van der Waals surface area (Å²) in [7, 11) is 0. The lowest BCUT2D eigenvalue weighted by atomic mass is 10.0. The van der Waals surface area contributed by atoms with Crippen molar-refractivity contribution in [2.75, 3.05) is 6.61 Å². The van der Waals surface area contributed by atoms with Crippen molar-refractivity contribution in [3.63, 3.8) is 0 Å². The van der Waals surface area contributed by atoms with Gasteiger partial charge in [0.2, 0.25) is 0 Å². The molecule has 0 aromatic heterocycles. The molecular weight excluding hydrogens is 260 g/mol. The van der Waals surface area contributed by atoms with Crippen LogP contribution in [0.25, 0.3) is 0 Å². The summed E-state index contributed by atoms with van der Waals surface area (Å²) < 4.78 is 31.5. The number of rotatable bonds is 4. The third-order valence-corrected chi connectivity index (χ3v) is 2.98. The maximum Gasteiger partial charge on any atom is 0.167 e. The molecule has 2 aromatic rings. The molecule has 20 heavy (non-hydrogen) atoms. The molecule has 1 unspecified atom stereocenters. The zero-order valence-corrected chi connectivity index (χ0v) is 11.5. The van der Waals surface area contributed by atoms with E-state index in [2.05, 4.69) is 6.07 Å². The van der Waals surface area contributed by atoms with Crippen molar-refractivity contribution < 1.29 is 13.5 Å². The second-order valence-electron chi connectivity index (χ2n) is 4.91. The fourth-order valence-corrected chi connectivity index (χ4v) is 2.09. The Morgan fingerprint density at radius 2 is 1.70 bits per heavy atom. The minimum absolute atomic E-state index is 0.00576. The predicted octanol–water partition coefficient (Wildman–Crippen LogP) is 3.66. The van der Waals surface area contributed by atoms with Crippen LogP contribution in [0, 0.1) is 25.5 Å². The predicted molar refractivity (Wildman–Crippen MR) is 74.7 cm³/mol. The van der Waals surface area contributed by atoms with Gasteiger partial charge >= 0.3 is 0 Å². The molecule has 0 amide bonds. The number of benzene rings is 2. The molecule has 0 aliphatic heterocycles. The molecule has 2 aromatic carbocycles. The van der Waals surface area contributed by atoms with Crippen LogP contribution in [0.3, 0.4) is 0 Å². The van der Waals surface area contributed by atoms with Crippen LogP contribution >= 0.6 is 0 Å². The van der Waals surface area contributed by atoms with Gasteiger partial charge in [-0.3, -0.25) is 0 Å². The maximum absolute atomic E-state index is 13.4. The molecule has 4 heteroatoms. The molecule has 1 atom stereocenters. The molecule has 0 fully saturated rings. The highest BCUT2D eigenvalue weighted by Gasteiger charge is 2.10. The van der Waals surface area contributed by atoms with Gasteiger partial charge in [-0.15, -0.1) is 0 Å². The summed E-state index contributed by atoms with van der Waals surface area (Å²) in [6, 6.07) is 8.84. The van der Waals surface area contributed by atoms with Gasteiger partial charge in [0.05, 0.1) is 6.04 Å². The van der Waals surface area contributed by atoms with Gasteiger partial charge in [-0.1, -0.05) is 29.3 Å². The van der Waals surface area contributed by atoms with E-state index >= 15 is 0 Å². The second kappa shape index (κ2) is 6.01. The van der Waals surface area contributed by atoms with Crippen molar-refractivity contribution in [1.29, 1.82) is 0 Å². The first-order valence-electron chi connectivity index (χ1n) is 6.37. The van der Waals surface area contributed by atoms with Crippen molar-refractivity contribution in [2.24, 2.45) is 5.73 Å². The third-order valence-electron chi connectivity index (χ3n) is 2.98. The van der Waals surface area contributed by atoms with Crippen molar-refractivity contribution in [1.82, 2.24) is 0 Å². The van der Waals surface area contributed by atoms with Gasteiger partial charge in [-0.05, 0) is 31.5 Å². The molecule has 0 aliphatic carbocycles. The van der Waals surface area contributed by atoms with Crippen LogP contribution in [-0.4, -0.2) is 6.61 Å². The van der Waals surface area contributed by atoms with E-state index in [0.29, 0.717) is 0 Å². The van der Waals surface area contributed by atoms with Gasteiger partial charge in [0, 0.05) is 6.07 Å². The number of halogens is 2. The fourth-order valence-electron chi connectivity index (χ4n) is 2.09. The van der Waals surface area contributed by atoms with Gasteiger partial charge in [0.25, 0.3) is 0 Å². The van der Waals surface area contributed by atoms with Gasteiger partial charge in [0.15, 0.2) is 11.6 Å². The molecule has 0 saturated carbocycles. The smallest absolute Gasteiger partial charge is 0.167 e. The highest BCUT2D eigenvalue weighted by atomic mass is 19.1. The second-order valence-corrected chi connectivity index (χ2v) is 4.91. The lowest BCUT2D eigenvalue weighted by Gasteiger charge is -2.15. The molecule has 0 aliphatic rings. The largest absolute Gasteiger partial charge is 0.489 e. The minimum atomic E-state index is -0.724. The Bertz CT molecular complexity index is 593. The van der Waals surface area contributed by atoms with Crippen LogP contribution in [0.5, 0.6) is 5.75 Å². The molecular formula is C16H17F2NO. The molecule has 2 N–H and O–H groups in total. The zero-order chi connectivity index (χ0) is 14.7. The first-order valence-corrected chi connectivity index (χ1v) is 6.37. The normalized spacial score (nSPS) is 12.2. The Kier molecular flexibility index (Phi) is 4.35. The molecule has 0 heterocycles. The summed E-state index contributed by atoms with van der Waals surface area (Å²) in [6.45, 7) is 4.11. The lowest BCUT2D eigenvalue weighted by molar-refractivity contribution is 0.276. The average molecular weight is 277 g/mol. The van der Waals surface area contributed by atoms with E-state index < -0.39 is 11.6 Å². The van der Waals surface area contributed by atoms with Gasteiger partial charge in [0.1, 0.15) is 12.4 Å². The van der Waals surface area contributed by atoms with Crippen LogP contribution in [0.15, 0.2) is 36.4 Å². The summed E-state index contributed by atoms with van der Waals surface area (Å²) in [6.07, 6.45) is 0. The van der Waals surface area contributed by atoms with E-state index in [4.69, 9.17) is 10.5 Å². The topological polar surface area (TPSA) is 35.2 Å². The van der Waals surface area contributed by atoms with E-state index in [-0.39, 0.29) is 18.4 Å². The van der Waals surface area contributed by atoms with E-state index in [9.17, 15) is 8.78 Å². The molecule has 0 saturated heterocycles. The molecule has 0 radical (unpaired) electrons.